The van der Waals surface area contributed by atoms with Gasteiger partial charge >= 0.3 is 11.9 Å². The molecule has 0 amide bonds. The van der Waals surface area contributed by atoms with Crippen LogP contribution < -0.4 is 0 Å². The second-order valence-corrected chi connectivity index (χ2v) is 14.5. The lowest BCUT2D eigenvalue weighted by molar-refractivity contribution is -0.0461. The van der Waals surface area contributed by atoms with E-state index in [1.165, 1.54) is 12.5 Å². The number of oxazole rings is 2. The molecular weight excluding hydrogens is 704 g/mol. The molecule has 12 nitrogen and oxygen atoms in total. The summed E-state index contributed by atoms with van der Waals surface area (Å²) < 4.78 is 34.3. The number of methoxy groups -OCH3 is 1. The van der Waals surface area contributed by atoms with Crippen molar-refractivity contribution in [3.63, 3.8) is 0 Å². The van der Waals surface area contributed by atoms with Crippen molar-refractivity contribution in [2.75, 3.05) is 7.11 Å². The molecular formula is C43H54N2O10. The largest absolute Gasteiger partial charge is 0.457 e. The maximum absolute atomic E-state index is 13.3. The molecule has 0 radical (unpaired) electrons. The van der Waals surface area contributed by atoms with E-state index in [-0.39, 0.29) is 35.9 Å². The first-order chi connectivity index (χ1) is 26.3. The molecule has 1 saturated heterocycles. The molecule has 0 aliphatic carbocycles. The zero-order chi connectivity index (χ0) is 40.0. The molecule has 4 heterocycles. The molecule has 0 saturated carbocycles. The normalized spacial score (nSPS) is 24.8. The van der Waals surface area contributed by atoms with Crippen molar-refractivity contribution in [2.45, 2.75) is 104 Å². The van der Waals surface area contributed by atoms with Gasteiger partial charge in [0, 0.05) is 36.9 Å². The number of nitrogens with zero attached hydrogens (tertiary/aromatic N) is 2. The van der Waals surface area contributed by atoms with Crippen molar-refractivity contribution in [1.29, 1.82) is 0 Å². The van der Waals surface area contributed by atoms with Crippen LogP contribution in [0.2, 0.25) is 0 Å². The second kappa shape index (κ2) is 20.2. The molecule has 0 spiro atoms. The number of aromatic nitrogens is 2. The maximum Gasteiger partial charge on any atom is 0.360 e. The Hall–Kier alpha value is -4.88. The Morgan fingerprint density at radius 2 is 1.31 bits per heavy atom. The monoisotopic (exact) mass is 758 g/mol. The SMILES string of the molecule is CC=C[C@H](O)C(C)(C)[C@@H]1CC=C[C@@H]2O[C@@H]2C=CC=Cc2nc(co2)C(=O)O[C@@H](C(C)(C)[C@@H](O)C=CC)CC=CC=CC=C[C@H](OC)Cc2nc(co2)C(=O)O1. The summed E-state index contributed by atoms with van der Waals surface area (Å²) in [5.41, 5.74) is -1.66. The van der Waals surface area contributed by atoms with Crippen LogP contribution in [-0.2, 0) is 25.4 Å². The van der Waals surface area contributed by atoms with Crippen LogP contribution in [0.4, 0.5) is 0 Å². The Morgan fingerprint density at radius 3 is 1.95 bits per heavy atom. The molecule has 4 bridgehead atoms. The summed E-state index contributed by atoms with van der Waals surface area (Å²) in [7, 11) is 1.56. The fraction of sp³-hybridized carbons (Fsp3) is 0.442. The number of carbonyl (C=O) groups excluding carboxylic acids is 2. The van der Waals surface area contributed by atoms with Gasteiger partial charge in [-0.15, -0.1) is 0 Å². The Labute approximate surface area is 323 Å². The lowest BCUT2D eigenvalue weighted by Crippen LogP contribution is -2.42. The highest BCUT2D eigenvalue weighted by atomic mass is 16.6. The average molecular weight is 759 g/mol. The minimum absolute atomic E-state index is 0.00780. The summed E-state index contributed by atoms with van der Waals surface area (Å²) in [6.07, 6.45) is 28.0. The number of epoxide rings is 1. The van der Waals surface area contributed by atoms with E-state index in [4.69, 9.17) is 27.8 Å². The molecule has 0 aromatic carbocycles. The zero-order valence-corrected chi connectivity index (χ0v) is 32.6. The van der Waals surface area contributed by atoms with Crippen LogP contribution in [-0.4, -0.2) is 82.0 Å². The molecule has 4 rings (SSSR count). The topological polar surface area (TPSA) is 167 Å². The van der Waals surface area contributed by atoms with E-state index in [1.807, 2.05) is 96.2 Å². The van der Waals surface area contributed by atoms with E-state index in [1.54, 1.807) is 49.6 Å². The number of fused-ring (bicyclic) bond motifs is 5. The summed E-state index contributed by atoms with van der Waals surface area (Å²) in [6.45, 7) is 11.0. The van der Waals surface area contributed by atoms with Crippen LogP contribution >= 0.6 is 0 Å². The highest BCUT2D eigenvalue weighted by Crippen LogP contribution is 2.34. The van der Waals surface area contributed by atoms with Gasteiger partial charge in [-0.3, -0.25) is 0 Å². The lowest BCUT2D eigenvalue weighted by atomic mass is 9.79. The minimum atomic E-state index is -0.880. The van der Waals surface area contributed by atoms with E-state index in [0.29, 0.717) is 18.7 Å². The number of aliphatic hydroxyl groups excluding tert-OH is 2. The third-order valence-electron chi connectivity index (χ3n) is 9.64. The van der Waals surface area contributed by atoms with Gasteiger partial charge in [-0.2, -0.15) is 0 Å². The van der Waals surface area contributed by atoms with Crippen molar-refractivity contribution < 1.29 is 47.6 Å². The Balaban J connectivity index is 1.58. The first-order valence-electron chi connectivity index (χ1n) is 18.4. The van der Waals surface area contributed by atoms with Gasteiger partial charge in [0.25, 0.3) is 0 Å². The van der Waals surface area contributed by atoms with Crippen LogP contribution in [0.1, 0.15) is 87.1 Å². The molecule has 2 aromatic rings. The van der Waals surface area contributed by atoms with Crippen molar-refractivity contribution >= 4 is 18.0 Å². The Kier molecular flexibility index (Phi) is 15.7. The fourth-order valence-electron chi connectivity index (χ4n) is 5.68. The quantitative estimate of drug-likeness (QED) is 0.165. The van der Waals surface area contributed by atoms with Crippen LogP contribution in [0.25, 0.3) is 6.08 Å². The number of ether oxygens (including phenoxy) is 4. The third kappa shape index (κ3) is 12.3. The van der Waals surface area contributed by atoms with Crippen molar-refractivity contribution in [1.82, 2.24) is 9.97 Å². The van der Waals surface area contributed by atoms with Gasteiger partial charge in [-0.1, -0.05) is 119 Å². The van der Waals surface area contributed by atoms with Gasteiger partial charge in [-0.05, 0) is 13.8 Å². The molecule has 2 aromatic heterocycles. The van der Waals surface area contributed by atoms with Gasteiger partial charge in [0.2, 0.25) is 5.89 Å². The van der Waals surface area contributed by atoms with Gasteiger partial charge in [-0.25, -0.2) is 19.6 Å². The molecule has 1 fully saturated rings. The Morgan fingerprint density at radius 1 is 0.745 bits per heavy atom. The van der Waals surface area contributed by atoms with Crippen molar-refractivity contribution in [3.05, 3.63) is 127 Å². The first kappa shape index (κ1) is 42.9. The van der Waals surface area contributed by atoms with E-state index in [0.717, 1.165) is 0 Å². The molecule has 2 N–H and O–H groups in total. The summed E-state index contributed by atoms with van der Waals surface area (Å²) in [5.74, 6) is -0.828. The predicted molar refractivity (Wildman–Crippen MR) is 208 cm³/mol. The summed E-state index contributed by atoms with van der Waals surface area (Å²) in [4.78, 5) is 35.2. The van der Waals surface area contributed by atoms with Crippen LogP contribution in [0.3, 0.4) is 0 Å². The van der Waals surface area contributed by atoms with Gasteiger partial charge in [0.1, 0.15) is 36.9 Å². The molecule has 296 valence electrons. The highest BCUT2D eigenvalue weighted by molar-refractivity contribution is 5.87. The Bertz CT molecular complexity index is 1800. The molecule has 7 atom stereocenters. The lowest BCUT2D eigenvalue weighted by Gasteiger charge is -2.36. The maximum atomic E-state index is 13.3. The zero-order valence-electron chi connectivity index (χ0n) is 32.6. The highest BCUT2D eigenvalue weighted by Gasteiger charge is 2.40. The minimum Gasteiger partial charge on any atom is -0.457 e. The molecule has 12 heteroatoms. The number of hydrogen-bond donors (Lipinski definition) is 2. The van der Waals surface area contributed by atoms with E-state index < -0.39 is 53.3 Å². The van der Waals surface area contributed by atoms with Gasteiger partial charge < -0.3 is 38.0 Å². The number of aliphatic hydroxyl groups is 2. The average Bonchev–Trinajstić information content (AvgIpc) is 3.47. The smallest absolute Gasteiger partial charge is 0.360 e. The van der Waals surface area contributed by atoms with Crippen LogP contribution in [0, 0.1) is 10.8 Å². The fourth-order valence-corrected chi connectivity index (χ4v) is 5.68. The van der Waals surface area contributed by atoms with Gasteiger partial charge in [0.05, 0.1) is 24.7 Å². The molecule has 2 aliphatic rings. The summed E-state index contributed by atoms with van der Waals surface area (Å²) in [5, 5.41) is 21.8. The van der Waals surface area contributed by atoms with Crippen molar-refractivity contribution in [3.8, 4) is 0 Å². The standard InChI is InChI=1S/C43H54N2O10/c1-8-18-34(46)42(3,4)36-23-14-12-10-11-13-20-29(50-7)26-39-45-31(28-52-39)41(49)55-37(43(5,6)35(47)19-9-2)24-17-22-33-32(53-33)21-15-16-25-38-44-30(27-51-38)40(48)54-36/h8-22,25,27-29,32-37,46-47H,23-24,26H2,1-7H3/t29-,32+,33-,34-,35-,36+,37-/m0/s1. The summed E-state index contributed by atoms with van der Waals surface area (Å²) in [6, 6.07) is 0. The predicted octanol–water partition coefficient (Wildman–Crippen LogP) is 7.25. The number of carbonyl (C=O) groups is 2. The number of rotatable bonds is 7. The second-order valence-electron chi connectivity index (χ2n) is 14.5. The van der Waals surface area contributed by atoms with Gasteiger partial charge in [0.15, 0.2) is 17.3 Å². The number of cyclic esters (lactones) is 2. The summed E-state index contributed by atoms with van der Waals surface area (Å²) >= 11 is 0. The van der Waals surface area contributed by atoms with E-state index in [9.17, 15) is 19.8 Å². The number of esters is 2. The van der Waals surface area contributed by atoms with E-state index >= 15 is 0 Å². The first-order valence-corrected chi connectivity index (χ1v) is 18.4. The van der Waals surface area contributed by atoms with Crippen molar-refractivity contribution in [2.24, 2.45) is 10.8 Å². The van der Waals surface area contributed by atoms with E-state index in [2.05, 4.69) is 9.97 Å². The van der Waals surface area contributed by atoms with Crippen LogP contribution in [0.5, 0.6) is 0 Å². The number of allylic oxidation sites excluding steroid dienone is 8. The number of hydrogen-bond acceptors (Lipinski definition) is 12. The molecule has 2 aliphatic heterocycles. The molecule has 0 unspecified atom stereocenters. The van der Waals surface area contributed by atoms with Crippen LogP contribution in [0.15, 0.2) is 113 Å². The molecule has 55 heavy (non-hydrogen) atoms. The third-order valence-corrected chi connectivity index (χ3v) is 9.64.